The maximum atomic E-state index is 12.7. The van der Waals surface area contributed by atoms with E-state index < -0.39 is 28.5 Å². The second-order valence-corrected chi connectivity index (χ2v) is 5.28. The zero-order valence-electron chi connectivity index (χ0n) is 11.4. The van der Waals surface area contributed by atoms with E-state index >= 15 is 0 Å². The molecule has 1 amide bonds. The first-order valence-corrected chi connectivity index (χ1v) is 6.65. The molecule has 0 aliphatic heterocycles. The molecule has 0 bridgehead atoms. The third-order valence-electron chi connectivity index (χ3n) is 2.73. The van der Waals surface area contributed by atoms with Crippen molar-refractivity contribution in [2.24, 2.45) is 12.8 Å². The summed E-state index contributed by atoms with van der Waals surface area (Å²) in [4.78, 5) is 21.3. The number of nitrogens with two attached hydrogens (primary N) is 1. The van der Waals surface area contributed by atoms with Crippen LogP contribution in [0.5, 0.6) is 0 Å². The van der Waals surface area contributed by atoms with E-state index in [0.29, 0.717) is 16.3 Å². The van der Waals surface area contributed by atoms with E-state index in [0.717, 1.165) is 13.1 Å². The first-order chi connectivity index (χ1) is 10.6. The number of benzene rings is 1. The molecule has 23 heavy (non-hydrogen) atoms. The number of aromatic nitrogens is 3. The molecule has 0 unspecified atom stereocenters. The summed E-state index contributed by atoms with van der Waals surface area (Å²) in [6.07, 6.45) is -4.69. The highest BCUT2D eigenvalue weighted by molar-refractivity contribution is 7.99. The van der Waals surface area contributed by atoms with E-state index in [4.69, 9.17) is 5.73 Å². The van der Waals surface area contributed by atoms with Gasteiger partial charge in [-0.3, -0.25) is 14.9 Å². The third-order valence-corrected chi connectivity index (χ3v) is 3.83. The van der Waals surface area contributed by atoms with Gasteiger partial charge in [-0.2, -0.15) is 13.2 Å². The number of carbonyl (C=O) groups is 1. The molecule has 122 valence electrons. The number of rotatable bonds is 4. The molecular weight excluding hydrogens is 339 g/mol. The molecule has 12 heteroatoms. The number of hydrogen-bond donors (Lipinski definition) is 1. The molecule has 0 atom stereocenters. The first-order valence-electron chi connectivity index (χ1n) is 5.84. The van der Waals surface area contributed by atoms with E-state index in [-0.39, 0.29) is 15.6 Å². The van der Waals surface area contributed by atoms with Crippen LogP contribution in [0.15, 0.2) is 28.3 Å². The fourth-order valence-electron chi connectivity index (χ4n) is 1.65. The van der Waals surface area contributed by atoms with E-state index in [1.165, 1.54) is 12.1 Å². The largest absolute Gasteiger partial charge is 0.451 e. The lowest BCUT2D eigenvalue weighted by atomic mass is 10.2. The van der Waals surface area contributed by atoms with Crippen molar-refractivity contribution < 1.29 is 22.9 Å². The van der Waals surface area contributed by atoms with Gasteiger partial charge in [0.1, 0.15) is 0 Å². The molecule has 2 N–H and O–H groups in total. The number of carbonyl (C=O) groups excluding carboxylic acids is 1. The quantitative estimate of drug-likeness (QED) is 0.668. The summed E-state index contributed by atoms with van der Waals surface area (Å²) in [6, 6.07) is 3.40. The highest BCUT2D eigenvalue weighted by atomic mass is 32.2. The standard InChI is InChI=1S/C11H8F3N5O3S/c1-18-9(11(12,13)14)16-17-10(18)23-7-3-2-5(8(15)20)4-6(7)19(21)22/h2-4H,1H3,(H2,15,20). The molecule has 1 aromatic carbocycles. The van der Waals surface area contributed by atoms with Gasteiger partial charge in [-0.25, -0.2) is 0 Å². The van der Waals surface area contributed by atoms with Crippen LogP contribution < -0.4 is 5.73 Å². The number of amides is 1. The Morgan fingerprint density at radius 1 is 1.39 bits per heavy atom. The minimum Gasteiger partial charge on any atom is -0.366 e. The van der Waals surface area contributed by atoms with Crippen LogP contribution >= 0.6 is 11.8 Å². The summed E-state index contributed by atoms with van der Waals surface area (Å²) < 4.78 is 38.7. The topological polar surface area (TPSA) is 117 Å². The number of nitro groups is 1. The molecule has 1 aromatic heterocycles. The van der Waals surface area contributed by atoms with Gasteiger partial charge < -0.3 is 10.3 Å². The molecule has 0 fully saturated rings. The Kier molecular flexibility index (Phi) is 4.27. The average molecular weight is 347 g/mol. The van der Waals surface area contributed by atoms with Gasteiger partial charge in [0.2, 0.25) is 11.7 Å². The van der Waals surface area contributed by atoms with Gasteiger partial charge >= 0.3 is 6.18 Å². The highest BCUT2D eigenvalue weighted by Crippen LogP contribution is 2.36. The normalized spacial score (nSPS) is 11.5. The number of primary amides is 1. The van der Waals surface area contributed by atoms with Gasteiger partial charge in [0, 0.05) is 18.7 Å². The highest BCUT2D eigenvalue weighted by Gasteiger charge is 2.37. The van der Waals surface area contributed by atoms with Crippen molar-refractivity contribution >= 4 is 23.4 Å². The molecule has 8 nitrogen and oxygen atoms in total. The number of nitrogens with zero attached hydrogens (tertiary/aromatic N) is 4. The van der Waals surface area contributed by atoms with Crippen molar-refractivity contribution in [3.05, 3.63) is 39.7 Å². The van der Waals surface area contributed by atoms with Crippen molar-refractivity contribution in [1.29, 1.82) is 0 Å². The second kappa shape index (κ2) is 5.87. The van der Waals surface area contributed by atoms with Crippen molar-refractivity contribution in [1.82, 2.24) is 14.8 Å². The predicted octanol–water partition coefficient (Wildman–Crippen LogP) is 1.99. The molecule has 2 rings (SSSR count). The van der Waals surface area contributed by atoms with Crippen molar-refractivity contribution in [2.75, 3.05) is 0 Å². The SMILES string of the molecule is Cn1c(Sc2ccc(C(N)=O)cc2[N+](=O)[O-])nnc1C(F)(F)F. The van der Waals surface area contributed by atoms with Crippen LogP contribution in [-0.2, 0) is 13.2 Å². The summed E-state index contributed by atoms with van der Waals surface area (Å²) in [5.74, 6) is -2.08. The van der Waals surface area contributed by atoms with Crippen LogP contribution in [0.25, 0.3) is 0 Å². The summed E-state index contributed by atoms with van der Waals surface area (Å²) in [7, 11) is 1.09. The van der Waals surface area contributed by atoms with Crippen LogP contribution in [0.1, 0.15) is 16.2 Å². The van der Waals surface area contributed by atoms with Crippen LogP contribution in [0, 0.1) is 10.1 Å². The van der Waals surface area contributed by atoms with Crippen molar-refractivity contribution in [3.63, 3.8) is 0 Å². The van der Waals surface area contributed by atoms with Gasteiger partial charge in [0.05, 0.1) is 9.82 Å². The van der Waals surface area contributed by atoms with E-state index in [1.807, 2.05) is 0 Å². The third kappa shape index (κ3) is 3.41. The minimum absolute atomic E-state index is 0.00391. The number of nitro benzene ring substituents is 1. The van der Waals surface area contributed by atoms with E-state index in [1.54, 1.807) is 0 Å². The molecule has 0 aliphatic carbocycles. The number of halogens is 3. The van der Waals surface area contributed by atoms with E-state index in [9.17, 15) is 28.1 Å². The van der Waals surface area contributed by atoms with Crippen LogP contribution in [0.2, 0.25) is 0 Å². The molecule has 0 aliphatic rings. The summed E-state index contributed by atoms with van der Waals surface area (Å²) >= 11 is 0.622. The summed E-state index contributed by atoms with van der Waals surface area (Å²) in [5.41, 5.74) is 4.48. The fraction of sp³-hybridized carbons (Fsp3) is 0.182. The Morgan fingerprint density at radius 3 is 2.52 bits per heavy atom. The van der Waals surface area contributed by atoms with E-state index in [2.05, 4.69) is 10.2 Å². The van der Waals surface area contributed by atoms with Crippen molar-refractivity contribution in [3.8, 4) is 0 Å². The van der Waals surface area contributed by atoms with Crippen LogP contribution in [-0.4, -0.2) is 25.6 Å². The first kappa shape index (κ1) is 16.7. The van der Waals surface area contributed by atoms with Gasteiger partial charge in [-0.05, 0) is 23.9 Å². The number of hydrogen-bond acceptors (Lipinski definition) is 6. The molecule has 1 heterocycles. The smallest absolute Gasteiger partial charge is 0.366 e. The van der Waals surface area contributed by atoms with Crippen LogP contribution in [0.3, 0.4) is 0 Å². The monoisotopic (exact) mass is 347 g/mol. The Balaban J connectivity index is 2.43. The average Bonchev–Trinajstić information content (AvgIpc) is 2.80. The molecule has 2 aromatic rings. The lowest BCUT2D eigenvalue weighted by molar-refractivity contribution is -0.387. The van der Waals surface area contributed by atoms with Gasteiger partial charge in [-0.15, -0.1) is 10.2 Å². The number of alkyl halides is 3. The molecule has 0 spiro atoms. The molecular formula is C11H8F3N5O3S. The molecule has 0 radical (unpaired) electrons. The Bertz CT molecular complexity index is 790. The molecule has 0 saturated heterocycles. The fourth-order valence-corrected chi connectivity index (χ4v) is 2.52. The van der Waals surface area contributed by atoms with Crippen molar-refractivity contribution in [2.45, 2.75) is 16.2 Å². The zero-order valence-corrected chi connectivity index (χ0v) is 12.2. The van der Waals surface area contributed by atoms with Gasteiger partial charge in [0.25, 0.3) is 5.69 Å². The second-order valence-electron chi connectivity index (χ2n) is 4.27. The zero-order chi connectivity index (χ0) is 17.4. The summed E-state index contributed by atoms with van der Waals surface area (Å²) in [5, 5.41) is 17.3. The maximum Gasteiger partial charge on any atom is 0.451 e. The Morgan fingerprint density at radius 2 is 2.04 bits per heavy atom. The molecule has 0 saturated carbocycles. The van der Waals surface area contributed by atoms with Gasteiger partial charge in [0.15, 0.2) is 5.16 Å². The van der Waals surface area contributed by atoms with Gasteiger partial charge in [-0.1, -0.05) is 0 Å². The minimum atomic E-state index is -4.69. The lowest BCUT2D eigenvalue weighted by Crippen LogP contribution is -2.13. The van der Waals surface area contributed by atoms with Crippen LogP contribution in [0.4, 0.5) is 18.9 Å². The Hall–Kier alpha value is -2.63. The maximum absolute atomic E-state index is 12.7. The predicted molar refractivity (Wildman–Crippen MR) is 71.7 cm³/mol. The lowest BCUT2D eigenvalue weighted by Gasteiger charge is -2.07. The Labute approximate surface area is 130 Å². The summed E-state index contributed by atoms with van der Waals surface area (Å²) in [6.45, 7) is 0.